The summed E-state index contributed by atoms with van der Waals surface area (Å²) >= 11 is 6.32. The molecule has 0 atom stereocenters. The van der Waals surface area contributed by atoms with Gasteiger partial charge in [-0.1, -0.05) is 31.0 Å². The highest BCUT2D eigenvalue weighted by Gasteiger charge is 2.20. The van der Waals surface area contributed by atoms with Crippen LogP contribution in [-0.2, 0) is 6.54 Å². The predicted molar refractivity (Wildman–Crippen MR) is 79.4 cm³/mol. The number of nitrogens with one attached hydrogen (secondary N) is 1. The van der Waals surface area contributed by atoms with E-state index >= 15 is 0 Å². The molecule has 0 spiro atoms. The standard InChI is InChI=1S/C15H23ClN2/c1-3-12-7-9-18(10-8-12)15-6-4-5-14(16)13(15)11-17-2/h4-6,12,17H,3,7-11H2,1-2H3. The third-order valence-electron chi connectivity index (χ3n) is 3.98. The van der Waals surface area contributed by atoms with Crippen LogP contribution >= 0.6 is 11.6 Å². The molecule has 100 valence electrons. The maximum absolute atomic E-state index is 6.32. The molecule has 1 aliphatic rings. The molecule has 1 heterocycles. The summed E-state index contributed by atoms with van der Waals surface area (Å²) in [7, 11) is 1.97. The van der Waals surface area contributed by atoms with E-state index in [4.69, 9.17) is 11.6 Å². The maximum atomic E-state index is 6.32. The summed E-state index contributed by atoms with van der Waals surface area (Å²) in [6, 6.07) is 6.24. The summed E-state index contributed by atoms with van der Waals surface area (Å²) in [4.78, 5) is 2.49. The Morgan fingerprint density at radius 1 is 1.33 bits per heavy atom. The van der Waals surface area contributed by atoms with E-state index in [9.17, 15) is 0 Å². The molecule has 0 unspecified atom stereocenters. The van der Waals surface area contributed by atoms with Crippen molar-refractivity contribution >= 4 is 17.3 Å². The molecule has 1 aliphatic heterocycles. The third-order valence-corrected chi connectivity index (χ3v) is 4.33. The van der Waals surface area contributed by atoms with E-state index in [1.807, 2.05) is 13.1 Å². The molecular weight excluding hydrogens is 244 g/mol. The molecule has 1 N–H and O–H groups in total. The van der Waals surface area contributed by atoms with Crippen LogP contribution in [0.3, 0.4) is 0 Å². The SMILES string of the molecule is CCC1CCN(c2cccc(Cl)c2CNC)CC1. The van der Waals surface area contributed by atoms with Gasteiger partial charge in [-0.25, -0.2) is 0 Å². The molecule has 0 bridgehead atoms. The lowest BCUT2D eigenvalue weighted by atomic mass is 9.94. The number of hydrogen-bond acceptors (Lipinski definition) is 2. The lowest BCUT2D eigenvalue weighted by Gasteiger charge is -2.34. The molecule has 1 aromatic carbocycles. The van der Waals surface area contributed by atoms with Crippen molar-refractivity contribution in [3.8, 4) is 0 Å². The average molecular weight is 267 g/mol. The molecule has 2 rings (SSSR count). The maximum Gasteiger partial charge on any atom is 0.0471 e. The fraction of sp³-hybridized carbons (Fsp3) is 0.600. The molecule has 0 saturated carbocycles. The van der Waals surface area contributed by atoms with Crippen LogP contribution in [-0.4, -0.2) is 20.1 Å². The summed E-state index contributed by atoms with van der Waals surface area (Å²) in [6.45, 7) is 5.46. The van der Waals surface area contributed by atoms with Gasteiger partial charge in [0.05, 0.1) is 0 Å². The van der Waals surface area contributed by atoms with Crippen LogP contribution in [0.5, 0.6) is 0 Å². The van der Waals surface area contributed by atoms with Gasteiger partial charge in [-0.2, -0.15) is 0 Å². The van der Waals surface area contributed by atoms with Gasteiger partial charge in [-0.05, 0) is 37.9 Å². The van der Waals surface area contributed by atoms with E-state index in [0.717, 1.165) is 30.6 Å². The van der Waals surface area contributed by atoms with Gasteiger partial charge in [0.25, 0.3) is 0 Å². The minimum atomic E-state index is 0.836. The first kappa shape index (κ1) is 13.7. The van der Waals surface area contributed by atoms with Gasteiger partial charge in [0.2, 0.25) is 0 Å². The molecule has 2 nitrogen and oxygen atoms in total. The van der Waals surface area contributed by atoms with Crippen molar-refractivity contribution < 1.29 is 0 Å². The number of piperidine rings is 1. The minimum Gasteiger partial charge on any atom is -0.371 e. The van der Waals surface area contributed by atoms with Crippen molar-refractivity contribution in [1.82, 2.24) is 5.32 Å². The molecule has 3 heteroatoms. The number of anilines is 1. The first-order valence-corrected chi connectivity index (χ1v) is 7.31. The highest BCUT2D eigenvalue weighted by molar-refractivity contribution is 6.31. The summed E-state index contributed by atoms with van der Waals surface area (Å²) in [6.07, 6.45) is 3.93. The molecule has 1 aromatic rings. The molecule has 0 aromatic heterocycles. The number of nitrogens with zero attached hydrogens (tertiary/aromatic N) is 1. The van der Waals surface area contributed by atoms with Crippen LogP contribution in [0, 0.1) is 5.92 Å². The van der Waals surface area contributed by atoms with Crippen LogP contribution in [0.25, 0.3) is 0 Å². The van der Waals surface area contributed by atoms with Crippen molar-refractivity contribution in [2.45, 2.75) is 32.7 Å². The van der Waals surface area contributed by atoms with Crippen molar-refractivity contribution in [3.63, 3.8) is 0 Å². The number of benzene rings is 1. The lowest BCUT2D eigenvalue weighted by molar-refractivity contribution is 0.394. The van der Waals surface area contributed by atoms with Gasteiger partial charge in [0, 0.05) is 35.9 Å². The van der Waals surface area contributed by atoms with Gasteiger partial charge < -0.3 is 10.2 Å². The number of halogens is 1. The zero-order valence-electron chi connectivity index (χ0n) is 11.4. The monoisotopic (exact) mass is 266 g/mol. The largest absolute Gasteiger partial charge is 0.371 e. The Labute approximate surface area is 115 Å². The fourth-order valence-electron chi connectivity index (χ4n) is 2.78. The first-order chi connectivity index (χ1) is 8.76. The molecule has 0 aliphatic carbocycles. The van der Waals surface area contributed by atoms with Gasteiger partial charge >= 0.3 is 0 Å². The summed E-state index contributed by atoms with van der Waals surface area (Å²) in [5.74, 6) is 0.910. The number of hydrogen-bond donors (Lipinski definition) is 1. The third kappa shape index (κ3) is 2.99. The van der Waals surface area contributed by atoms with Gasteiger partial charge in [0.1, 0.15) is 0 Å². The van der Waals surface area contributed by atoms with Gasteiger partial charge in [-0.3, -0.25) is 0 Å². The zero-order valence-corrected chi connectivity index (χ0v) is 12.1. The second kappa shape index (κ2) is 6.44. The van der Waals surface area contributed by atoms with Crippen LogP contribution in [0.1, 0.15) is 31.7 Å². The quantitative estimate of drug-likeness (QED) is 0.894. The van der Waals surface area contributed by atoms with E-state index in [-0.39, 0.29) is 0 Å². The minimum absolute atomic E-state index is 0.836. The summed E-state index contributed by atoms with van der Waals surface area (Å²) < 4.78 is 0. The van der Waals surface area contributed by atoms with Crippen molar-refractivity contribution in [2.75, 3.05) is 25.0 Å². The Kier molecular flexibility index (Phi) is 4.90. The average Bonchev–Trinajstić information content (AvgIpc) is 2.41. The Balaban J connectivity index is 2.15. The van der Waals surface area contributed by atoms with E-state index in [0.29, 0.717) is 0 Å². The predicted octanol–water partition coefficient (Wildman–Crippen LogP) is 3.69. The van der Waals surface area contributed by atoms with Crippen LogP contribution in [0.2, 0.25) is 5.02 Å². The zero-order chi connectivity index (χ0) is 13.0. The fourth-order valence-corrected chi connectivity index (χ4v) is 3.01. The first-order valence-electron chi connectivity index (χ1n) is 6.93. The lowest BCUT2D eigenvalue weighted by Crippen LogP contribution is -2.34. The molecule has 1 saturated heterocycles. The van der Waals surface area contributed by atoms with E-state index in [1.54, 1.807) is 0 Å². The summed E-state index contributed by atoms with van der Waals surface area (Å²) in [5, 5.41) is 4.09. The number of rotatable bonds is 4. The van der Waals surface area contributed by atoms with Crippen molar-refractivity contribution in [3.05, 3.63) is 28.8 Å². The molecule has 0 radical (unpaired) electrons. The second-order valence-electron chi connectivity index (χ2n) is 5.11. The Bertz CT molecular complexity index is 384. The molecule has 1 fully saturated rings. The van der Waals surface area contributed by atoms with E-state index in [2.05, 4.69) is 29.3 Å². The van der Waals surface area contributed by atoms with Crippen LogP contribution in [0.4, 0.5) is 5.69 Å². The Hall–Kier alpha value is -0.730. The van der Waals surface area contributed by atoms with E-state index in [1.165, 1.54) is 30.5 Å². The highest BCUT2D eigenvalue weighted by atomic mass is 35.5. The van der Waals surface area contributed by atoms with Gasteiger partial charge in [0.15, 0.2) is 0 Å². The summed E-state index contributed by atoms with van der Waals surface area (Å²) in [5.41, 5.74) is 2.54. The topological polar surface area (TPSA) is 15.3 Å². The van der Waals surface area contributed by atoms with Crippen molar-refractivity contribution in [1.29, 1.82) is 0 Å². The van der Waals surface area contributed by atoms with Gasteiger partial charge in [-0.15, -0.1) is 0 Å². The molecule has 18 heavy (non-hydrogen) atoms. The Morgan fingerprint density at radius 3 is 2.67 bits per heavy atom. The normalized spacial score (nSPS) is 17.2. The van der Waals surface area contributed by atoms with Crippen LogP contribution in [0.15, 0.2) is 18.2 Å². The molecular formula is C15H23ClN2. The Morgan fingerprint density at radius 2 is 2.06 bits per heavy atom. The molecule has 0 amide bonds. The second-order valence-corrected chi connectivity index (χ2v) is 5.51. The van der Waals surface area contributed by atoms with Crippen LogP contribution < -0.4 is 10.2 Å². The van der Waals surface area contributed by atoms with Crippen molar-refractivity contribution in [2.24, 2.45) is 5.92 Å². The smallest absolute Gasteiger partial charge is 0.0471 e. The van der Waals surface area contributed by atoms with E-state index < -0.39 is 0 Å². The highest BCUT2D eigenvalue weighted by Crippen LogP contribution is 2.31.